The van der Waals surface area contributed by atoms with E-state index in [0.717, 1.165) is 24.5 Å². The molecule has 0 bridgehead atoms. The second kappa shape index (κ2) is 10.5. The highest BCUT2D eigenvalue weighted by molar-refractivity contribution is 7.99. The van der Waals surface area contributed by atoms with Crippen LogP contribution in [-0.4, -0.2) is 45.1 Å². The number of amides is 1. The Balaban J connectivity index is 2.13. The van der Waals surface area contributed by atoms with Gasteiger partial charge in [0.25, 0.3) is 0 Å². The van der Waals surface area contributed by atoms with Crippen LogP contribution in [0, 0.1) is 17.2 Å². The molecule has 1 aromatic carbocycles. The molecule has 1 unspecified atom stereocenters. The SMILES string of the molecule is CCN(CC)c1ccc(-c2nnc(SCC(=O)NC(C)(C#N)C(C)C)n2CC)cc1. The summed E-state index contributed by atoms with van der Waals surface area (Å²) in [7, 11) is 0. The van der Waals surface area contributed by atoms with E-state index in [1.54, 1.807) is 6.92 Å². The summed E-state index contributed by atoms with van der Waals surface area (Å²) < 4.78 is 2.01. The van der Waals surface area contributed by atoms with Gasteiger partial charge >= 0.3 is 0 Å². The summed E-state index contributed by atoms with van der Waals surface area (Å²) in [5.74, 6) is 0.800. The van der Waals surface area contributed by atoms with Gasteiger partial charge in [0.05, 0.1) is 11.8 Å². The number of hydrogen-bond donors (Lipinski definition) is 1. The Kier molecular flexibility index (Phi) is 8.30. The van der Waals surface area contributed by atoms with Gasteiger partial charge in [0, 0.05) is 30.9 Å². The first-order valence-corrected chi connectivity index (χ1v) is 11.4. The maximum atomic E-state index is 12.4. The average Bonchev–Trinajstić information content (AvgIpc) is 3.16. The molecule has 7 nitrogen and oxygen atoms in total. The van der Waals surface area contributed by atoms with Crippen molar-refractivity contribution in [2.75, 3.05) is 23.7 Å². The number of aromatic nitrogens is 3. The Bertz CT molecular complexity index is 882. The zero-order valence-corrected chi connectivity index (χ0v) is 19.6. The van der Waals surface area contributed by atoms with Gasteiger partial charge in [0.15, 0.2) is 11.0 Å². The Labute approximate surface area is 183 Å². The molecule has 0 aliphatic carbocycles. The summed E-state index contributed by atoms with van der Waals surface area (Å²) in [6, 6.07) is 10.5. The first kappa shape index (κ1) is 23.7. The molecule has 1 heterocycles. The van der Waals surface area contributed by atoms with Crippen LogP contribution < -0.4 is 10.2 Å². The first-order chi connectivity index (χ1) is 14.3. The fraction of sp³-hybridized carbons (Fsp3) is 0.545. The summed E-state index contributed by atoms with van der Waals surface area (Å²) in [5.41, 5.74) is 1.30. The second-order valence-electron chi connectivity index (χ2n) is 7.58. The van der Waals surface area contributed by atoms with Crippen molar-refractivity contribution >= 4 is 23.4 Å². The topological polar surface area (TPSA) is 86.8 Å². The lowest BCUT2D eigenvalue weighted by molar-refractivity contribution is -0.120. The molecule has 2 aromatic rings. The predicted octanol–water partition coefficient (Wildman–Crippen LogP) is 3.96. The maximum Gasteiger partial charge on any atom is 0.231 e. The lowest BCUT2D eigenvalue weighted by Gasteiger charge is -2.27. The van der Waals surface area contributed by atoms with E-state index >= 15 is 0 Å². The molecule has 30 heavy (non-hydrogen) atoms. The van der Waals surface area contributed by atoms with Gasteiger partial charge in [0.1, 0.15) is 5.54 Å². The molecule has 162 valence electrons. The Morgan fingerprint density at radius 3 is 2.37 bits per heavy atom. The van der Waals surface area contributed by atoms with E-state index in [2.05, 4.69) is 64.6 Å². The zero-order valence-electron chi connectivity index (χ0n) is 18.8. The van der Waals surface area contributed by atoms with Crippen molar-refractivity contribution in [1.82, 2.24) is 20.1 Å². The smallest absolute Gasteiger partial charge is 0.231 e. The van der Waals surface area contributed by atoms with Crippen LogP contribution in [0.15, 0.2) is 29.4 Å². The van der Waals surface area contributed by atoms with Crippen LogP contribution in [0.2, 0.25) is 0 Å². The van der Waals surface area contributed by atoms with E-state index in [4.69, 9.17) is 0 Å². The highest BCUT2D eigenvalue weighted by atomic mass is 32.2. The highest BCUT2D eigenvalue weighted by Crippen LogP contribution is 2.26. The average molecular weight is 429 g/mol. The van der Waals surface area contributed by atoms with E-state index in [0.29, 0.717) is 11.7 Å². The van der Waals surface area contributed by atoms with Crippen LogP contribution in [0.3, 0.4) is 0 Å². The van der Waals surface area contributed by atoms with Crippen molar-refractivity contribution in [3.63, 3.8) is 0 Å². The summed E-state index contributed by atoms with van der Waals surface area (Å²) in [6.07, 6.45) is 0. The van der Waals surface area contributed by atoms with Crippen molar-refractivity contribution < 1.29 is 4.79 Å². The number of rotatable bonds is 10. The van der Waals surface area contributed by atoms with Gasteiger partial charge in [-0.15, -0.1) is 10.2 Å². The third-order valence-electron chi connectivity index (χ3n) is 5.41. The molecule has 0 saturated heterocycles. The van der Waals surface area contributed by atoms with E-state index in [-0.39, 0.29) is 17.6 Å². The molecular weight excluding hydrogens is 396 g/mol. The van der Waals surface area contributed by atoms with Gasteiger partial charge in [-0.2, -0.15) is 5.26 Å². The Morgan fingerprint density at radius 2 is 1.87 bits per heavy atom. The van der Waals surface area contributed by atoms with Crippen molar-refractivity contribution in [3.8, 4) is 17.5 Å². The molecule has 1 amide bonds. The van der Waals surface area contributed by atoms with Gasteiger partial charge in [-0.05, 0) is 57.9 Å². The quantitative estimate of drug-likeness (QED) is 0.577. The third-order valence-corrected chi connectivity index (χ3v) is 6.37. The first-order valence-electron chi connectivity index (χ1n) is 10.4. The zero-order chi connectivity index (χ0) is 22.3. The molecule has 0 fully saturated rings. The molecule has 8 heteroatoms. The largest absolute Gasteiger partial charge is 0.372 e. The Morgan fingerprint density at radius 1 is 1.23 bits per heavy atom. The van der Waals surface area contributed by atoms with Crippen molar-refractivity contribution in [3.05, 3.63) is 24.3 Å². The third kappa shape index (κ3) is 5.33. The number of nitrogens with one attached hydrogen (secondary N) is 1. The van der Waals surface area contributed by atoms with Crippen molar-refractivity contribution in [2.45, 2.75) is 58.8 Å². The summed E-state index contributed by atoms with van der Waals surface area (Å²) in [4.78, 5) is 14.7. The van der Waals surface area contributed by atoms with Crippen LogP contribution in [0.1, 0.15) is 41.5 Å². The molecule has 1 N–H and O–H groups in total. The highest BCUT2D eigenvalue weighted by Gasteiger charge is 2.30. The molecule has 2 rings (SSSR count). The molecule has 1 aromatic heterocycles. The maximum absolute atomic E-state index is 12.4. The monoisotopic (exact) mass is 428 g/mol. The number of carbonyl (C=O) groups excluding carboxylic acids is 1. The van der Waals surface area contributed by atoms with E-state index in [1.165, 1.54) is 17.4 Å². The van der Waals surface area contributed by atoms with Crippen LogP contribution in [-0.2, 0) is 11.3 Å². The molecule has 0 spiro atoms. The van der Waals surface area contributed by atoms with Gasteiger partial charge in [-0.1, -0.05) is 25.6 Å². The number of thioether (sulfide) groups is 1. The molecule has 0 saturated carbocycles. The minimum absolute atomic E-state index is 0.0154. The molecular formula is C22H32N6OS. The van der Waals surface area contributed by atoms with Gasteiger partial charge in [-0.3, -0.25) is 4.79 Å². The molecule has 0 aliphatic rings. The molecule has 0 radical (unpaired) electrons. The summed E-state index contributed by atoms with van der Waals surface area (Å²) >= 11 is 1.33. The van der Waals surface area contributed by atoms with Crippen molar-refractivity contribution in [2.24, 2.45) is 5.92 Å². The van der Waals surface area contributed by atoms with Crippen LogP contribution in [0.4, 0.5) is 5.69 Å². The second-order valence-corrected chi connectivity index (χ2v) is 8.52. The van der Waals surface area contributed by atoms with Gasteiger partial charge in [0.2, 0.25) is 5.91 Å². The van der Waals surface area contributed by atoms with E-state index in [9.17, 15) is 10.1 Å². The van der Waals surface area contributed by atoms with Crippen LogP contribution >= 0.6 is 11.8 Å². The van der Waals surface area contributed by atoms with E-state index < -0.39 is 5.54 Å². The molecule has 1 atom stereocenters. The number of nitrogens with zero attached hydrogens (tertiary/aromatic N) is 5. The van der Waals surface area contributed by atoms with Gasteiger partial charge < -0.3 is 14.8 Å². The predicted molar refractivity (Wildman–Crippen MR) is 122 cm³/mol. The number of carbonyl (C=O) groups is 1. The fourth-order valence-corrected chi connectivity index (χ4v) is 3.86. The van der Waals surface area contributed by atoms with Crippen molar-refractivity contribution in [1.29, 1.82) is 5.26 Å². The standard InChI is InChI=1S/C22H32N6OS/c1-7-27(8-2)18-12-10-17(11-13-18)20-25-26-21(28(20)9-3)30-14-19(29)24-22(6,15-23)16(4)5/h10-13,16H,7-9,14H2,1-6H3,(H,24,29). The number of nitriles is 1. The lowest BCUT2D eigenvalue weighted by Crippen LogP contribution is -2.49. The number of benzene rings is 1. The minimum atomic E-state index is -0.881. The van der Waals surface area contributed by atoms with Crippen LogP contribution in [0.25, 0.3) is 11.4 Å². The fourth-order valence-electron chi connectivity index (χ4n) is 3.06. The normalized spacial score (nSPS) is 13.0. The minimum Gasteiger partial charge on any atom is -0.372 e. The lowest BCUT2D eigenvalue weighted by atomic mass is 9.90. The Hall–Kier alpha value is -2.53. The number of hydrogen-bond acceptors (Lipinski definition) is 6. The summed E-state index contributed by atoms with van der Waals surface area (Å²) in [6.45, 7) is 14.5. The van der Waals surface area contributed by atoms with E-state index in [1.807, 2.05) is 25.3 Å². The van der Waals surface area contributed by atoms with Crippen LogP contribution in [0.5, 0.6) is 0 Å². The number of anilines is 1. The van der Waals surface area contributed by atoms with Gasteiger partial charge in [-0.25, -0.2) is 0 Å². The summed E-state index contributed by atoms with van der Waals surface area (Å²) in [5, 5.41) is 21.6. The molecule has 0 aliphatic heterocycles.